The molecule has 3 N–H and O–H groups in total. The Balaban J connectivity index is 1.58. The van der Waals surface area contributed by atoms with Gasteiger partial charge >= 0.3 is 12.3 Å². The van der Waals surface area contributed by atoms with E-state index in [2.05, 4.69) is 25.4 Å². The normalized spacial score (nSPS) is 13.9. The monoisotopic (exact) mass is 391 g/mol. The van der Waals surface area contributed by atoms with Crippen LogP contribution in [0.5, 0.6) is 11.5 Å². The largest absolute Gasteiger partial charge is 0.586 e. The van der Waals surface area contributed by atoms with E-state index in [0.29, 0.717) is 17.8 Å². The number of benzene rings is 2. The van der Waals surface area contributed by atoms with Crippen molar-refractivity contribution in [2.45, 2.75) is 32.7 Å². The average molecular weight is 391 g/mol. The van der Waals surface area contributed by atoms with Gasteiger partial charge in [-0.05, 0) is 43.7 Å². The molecule has 0 aromatic heterocycles. The number of urea groups is 1. The molecule has 0 spiro atoms. The Labute approximate surface area is 160 Å². The minimum absolute atomic E-state index is 0.0356. The summed E-state index contributed by atoms with van der Waals surface area (Å²) in [4.78, 5) is 23.9. The van der Waals surface area contributed by atoms with Crippen molar-refractivity contribution in [2.75, 3.05) is 5.32 Å². The summed E-state index contributed by atoms with van der Waals surface area (Å²) in [6.07, 6.45) is -3.71. The molecule has 2 aromatic carbocycles. The molecular formula is C19H19F2N3O4. The predicted molar refractivity (Wildman–Crippen MR) is 97.5 cm³/mol. The molecule has 148 valence electrons. The van der Waals surface area contributed by atoms with E-state index in [4.69, 9.17) is 0 Å². The van der Waals surface area contributed by atoms with Crippen LogP contribution in [-0.4, -0.2) is 24.3 Å². The van der Waals surface area contributed by atoms with Gasteiger partial charge in [-0.3, -0.25) is 4.79 Å². The van der Waals surface area contributed by atoms with Crippen molar-refractivity contribution in [1.29, 1.82) is 0 Å². The van der Waals surface area contributed by atoms with Crippen molar-refractivity contribution < 1.29 is 27.8 Å². The maximum Gasteiger partial charge on any atom is 0.586 e. The zero-order valence-electron chi connectivity index (χ0n) is 15.2. The number of carbonyl (C=O) groups excluding carboxylic acids is 2. The highest BCUT2D eigenvalue weighted by molar-refractivity contribution is 6.04. The highest BCUT2D eigenvalue weighted by Crippen LogP contribution is 2.42. The number of nitrogens with one attached hydrogen (secondary N) is 3. The molecule has 7 nitrogen and oxygen atoms in total. The highest BCUT2D eigenvalue weighted by atomic mass is 19.3. The fourth-order valence-corrected chi connectivity index (χ4v) is 2.50. The third-order valence-electron chi connectivity index (χ3n) is 3.75. The van der Waals surface area contributed by atoms with Crippen LogP contribution in [0, 0.1) is 0 Å². The van der Waals surface area contributed by atoms with Crippen LogP contribution in [-0.2, 0) is 6.54 Å². The van der Waals surface area contributed by atoms with Gasteiger partial charge in [0.25, 0.3) is 5.91 Å². The van der Waals surface area contributed by atoms with E-state index in [1.54, 1.807) is 24.3 Å². The molecule has 2 aromatic rings. The van der Waals surface area contributed by atoms with Gasteiger partial charge in [-0.2, -0.15) is 0 Å². The number of hydrogen-bond acceptors (Lipinski definition) is 4. The Hall–Kier alpha value is -3.36. The van der Waals surface area contributed by atoms with Gasteiger partial charge in [0.2, 0.25) is 0 Å². The SMILES string of the molecule is CC(C)NC(=O)NCc1ccc(C(=O)Nc2ccc3c(c2)OC(F)(F)O3)cc1. The molecule has 0 aliphatic carbocycles. The lowest BCUT2D eigenvalue weighted by molar-refractivity contribution is -0.286. The molecule has 0 radical (unpaired) electrons. The molecule has 1 aliphatic rings. The minimum atomic E-state index is -3.71. The lowest BCUT2D eigenvalue weighted by atomic mass is 10.1. The molecule has 3 amide bonds. The topological polar surface area (TPSA) is 88.7 Å². The summed E-state index contributed by atoms with van der Waals surface area (Å²) in [6.45, 7) is 4.04. The molecule has 1 aliphatic heterocycles. The van der Waals surface area contributed by atoms with Crippen LogP contribution in [0.2, 0.25) is 0 Å². The van der Waals surface area contributed by atoms with Crippen LogP contribution < -0.4 is 25.4 Å². The standard InChI is InChI=1S/C19H19F2N3O4/c1-11(2)23-18(26)22-10-12-3-5-13(6-4-12)17(25)24-14-7-8-15-16(9-14)28-19(20,21)27-15/h3-9,11H,10H2,1-2H3,(H,24,25)(H2,22,23,26). The highest BCUT2D eigenvalue weighted by Gasteiger charge is 2.43. The van der Waals surface area contributed by atoms with Gasteiger partial charge in [0.1, 0.15) is 0 Å². The quantitative estimate of drug-likeness (QED) is 0.728. The molecule has 1 heterocycles. The molecule has 0 bridgehead atoms. The van der Waals surface area contributed by atoms with Crippen molar-refractivity contribution >= 4 is 17.6 Å². The predicted octanol–water partition coefficient (Wildman–Crippen LogP) is 3.47. The average Bonchev–Trinajstić information content (AvgIpc) is 2.93. The molecule has 9 heteroatoms. The number of amides is 3. The smallest absolute Gasteiger partial charge is 0.395 e. The van der Waals surface area contributed by atoms with Gasteiger partial charge in [0.05, 0.1) is 0 Å². The summed E-state index contributed by atoms with van der Waals surface area (Å²) in [7, 11) is 0. The molecule has 0 saturated carbocycles. The van der Waals surface area contributed by atoms with Crippen LogP contribution in [0.15, 0.2) is 42.5 Å². The Morgan fingerprint density at radius 1 is 1.04 bits per heavy atom. The van der Waals surface area contributed by atoms with E-state index in [0.717, 1.165) is 5.56 Å². The lowest BCUT2D eigenvalue weighted by Crippen LogP contribution is -2.39. The second kappa shape index (κ2) is 7.71. The fraction of sp³-hybridized carbons (Fsp3) is 0.263. The molecular weight excluding hydrogens is 372 g/mol. The summed E-state index contributed by atoms with van der Waals surface area (Å²) in [5.41, 5.74) is 1.49. The fourth-order valence-electron chi connectivity index (χ4n) is 2.50. The van der Waals surface area contributed by atoms with Crippen LogP contribution in [0.4, 0.5) is 19.3 Å². The Bertz CT molecular complexity index is 885. The van der Waals surface area contributed by atoms with Crippen molar-refractivity contribution in [3.8, 4) is 11.5 Å². The van der Waals surface area contributed by atoms with E-state index >= 15 is 0 Å². The second-order valence-corrected chi connectivity index (χ2v) is 6.46. The second-order valence-electron chi connectivity index (χ2n) is 6.46. The Morgan fingerprint density at radius 3 is 2.39 bits per heavy atom. The summed E-state index contributed by atoms with van der Waals surface area (Å²) < 4.78 is 34.8. The van der Waals surface area contributed by atoms with Crippen LogP contribution >= 0.6 is 0 Å². The summed E-state index contributed by atoms with van der Waals surface area (Å²) in [5.74, 6) is -0.659. The van der Waals surface area contributed by atoms with Crippen molar-refractivity contribution in [3.05, 3.63) is 53.6 Å². The number of fused-ring (bicyclic) bond motifs is 1. The molecule has 0 atom stereocenters. The van der Waals surface area contributed by atoms with Crippen LogP contribution in [0.3, 0.4) is 0 Å². The van der Waals surface area contributed by atoms with Gasteiger partial charge in [-0.15, -0.1) is 8.78 Å². The Morgan fingerprint density at radius 2 is 1.71 bits per heavy atom. The lowest BCUT2D eigenvalue weighted by Gasteiger charge is -2.10. The summed E-state index contributed by atoms with van der Waals surface area (Å²) in [6, 6.07) is 10.4. The Kier molecular flexibility index (Phi) is 5.34. The van der Waals surface area contributed by atoms with Gasteiger partial charge in [0, 0.05) is 29.9 Å². The van der Waals surface area contributed by atoms with E-state index in [1.165, 1.54) is 18.2 Å². The van der Waals surface area contributed by atoms with Crippen molar-refractivity contribution in [3.63, 3.8) is 0 Å². The minimum Gasteiger partial charge on any atom is -0.395 e. The molecule has 0 saturated heterocycles. The molecule has 0 unspecified atom stereocenters. The van der Waals surface area contributed by atoms with Crippen LogP contribution in [0.1, 0.15) is 29.8 Å². The maximum atomic E-state index is 13.0. The summed E-state index contributed by atoms with van der Waals surface area (Å²) >= 11 is 0. The number of carbonyl (C=O) groups is 2. The first kappa shape index (κ1) is 19.4. The third kappa shape index (κ3) is 4.87. The summed E-state index contributed by atoms with van der Waals surface area (Å²) in [5, 5.41) is 8.03. The van der Waals surface area contributed by atoms with Gasteiger partial charge in [-0.25, -0.2) is 4.79 Å². The van der Waals surface area contributed by atoms with Crippen molar-refractivity contribution in [2.24, 2.45) is 0 Å². The molecule has 28 heavy (non-hydrogen) atoms. The number of rotatable bonds is 5. The van der Waals surface area contributed by atoms with E-state index in [9.17, 15) is 18.4 Å². The van der Waals surface area contributed by atoms with Gasteiger partial charge in [-0.1, -0.05) is 12.1 Å². The maximum absolute atomic E-state index is 13.0. The zero-order valence-corrected chi connectivity index (χ0v) is 15.2. The molecule has 0 fully saturated rings. The first-order chi connectivity index (χ1) is 13.2. The van der Waals surface area contributed by atoms with Crippen LogP contribution in [0.25, 0.3) is 0 Å². The third-order valence-corrected chi connectivity index (χ3v) is 3.75. The first-order valence-electron chi connectivity index (χ1n) is 8.56. The molecule has 3 rings (SSSR count). The number of alkyl halides is 2. The number of anilines is 1. The zero-order chi connectivity index (χ0) is 20.3. The number of halogens is 2. The van der Waals surface area contributed by atoms with E-state index in [1.807, 2.05) is 13.8 Å². The van der Waals surface area contributed by atoms with Gasteiger partial charge < -0.3 is 25.4 Å². The van der Waals surface area contributed by atoms with Gasteiger partial charge in [0.15, 0.2) is 11.5 Å². The first-order valence-corrected chi connectivity index (χ1v) is 8.56. The van der Waals surface area contributed by atoms with E-state index in [-0.39, 0.29) is 23.6 Å². The van der Waals surface area contributed by atoms with E-state index < -0.39 is 12.2 Å². The van der Waals surface area contributed by atoms with Crippen molar-refractivity contribution in [1.82, 2.24) is 10.6 Å². The number of ether oxygens (including phenoxy) is 2. The number of hydrogen-bond donors (Lipinski definition) is 3.